The Morgan fingerprint density at radius 2 is 1.90 bits per heavy atom. The van der Waals surface area contributed by atoms with Crippen LogP contribution in [0.15, 0.2) is 36.4 Å². The minimum Gasteiger partial charge on any atom is -0.495 e. The Balaban J connectivity index is 2.12. The lowest BCUT2D eigenvalue weighted by molar-refractivity contribution is 0.0926. The van der Waals surface area contributed by atoms with Crippen molar-refractivity contribution in [1.29, 1.82) is 0 Å². The van der Waals surface area contributed by atoms with Crippen molar-refractivity contribution in [2.75, 3.05) is 17.7 Å². The van der Waals surface area contributed by atoms with E-state index < -0.39 is 11.8 Å². The van der Waals surface area contributed by atoms with Crippen LogP contribution in [0.3, 0.4) is 0 Å². The van der Waals surface area contributed by atoms with Crippen molar-refractivity contribution in [2.24, 2.45) is 0 Å². The molecule has 106 valence electrons. The second kappa shape index (κ2) is 4.79. The molecular formula is C15H11ClN2O3. The van der Waals surface area contributed by atoms with Crippen LogP contribution in [0.5, 0.6) is 5.75 Å². The highest BCUT2D eigenvalue weighted by molar-refractivity contribution is 6.36. The van der Waals surface area contributed by atoms with E-state index in [-0.39, 0.29) is 11.3 Å². The Labute approximate surface area is 125 Å². The summed E-state index contributed by atoms with van der Waals surface area (Å²) in [6.45, 7) is 0. The smallest absolute Gasteiger partial charge is 0.268 e. The van der Waals surface area contributed by atoms with Gasteiger partial charge in [-0.05, 0) is 24.3 Å². The average Bonchev–Trinajstić information content (AvgIpc) is 2.73. The first-order valence-corrected chi connectivity index (χ1v) is 6.53. The van der Waals surface area contributed by atoms with Crippen molar-refractivity contribution in [3.8, 4) is 5.75 Å². The fourth-order valence-corrected chi connectivity index (χ4v) is 2.53. The Morgan fingerprint density at radius 1 is 1.14 bits per heavy atom. The summed E-state index contributed by atoms with van der Waals surface area (Å²) in [5, 5.41) is 0.400. The predicted octanol–water partition coefficient (Wildman–Crippen LogP) is 2.73. The topological polar surface area (TPSA) is 72.6 Å². The second-order valence-corrected chi connectivity index (χ2v) is 4.94. The van der Waals surface area contributed by atoms with Crippen LogP contribution in [-0.4, -0.2) is 18.9 Å². The van der Waals surface area contributed by atoms with E-state index in [1.54, 1.807) is 36.4 Å². The van der Waals surface area contributed by atoms with Crippen LogP contribution >= 0.6 is 11.6 Å². The predicted molar refractivity (Wildman–Crippen MR) is 80.0 cm³/mol. The molecule has 2 aromatic rings. The summed E-state index contributed by atoms with van der Waals surface area (Å²) in [6.07, 6.45) is 0. The molecule has 0 unspecified atom stereocenters. The second-order valence-electron chi connectivity index (χ2n) is 4.53. The molecule has 1 aliphatic rings. The number of amides is 2. The summed E-state index contributed by atoms with van der Waals surface area (Å²) in [4.78, 5) is 26.0. The number of imide groups is 1. The van der Waals surface area contributed by atoms with E-state index in [0.717, 1.165) is 4.90 Å². The van der Waals surface area contributed by atoms with Crippen LogP contribution in [0.2, 0.25) is 5.02 Å². The van der Waals surface area contributed by atoms with Crippen molar-refractivity contribution in [2.45, 2.75) is 0 Å². The minimum absolute atomic E-state index is 0.233. The number of hydrogen-bond acceptors (Lipinski definition) is 4. The number of fused-ring (bicyclic) bond motifs is 1. The van der Waals surface area contributed by atoms with Crippen LogP contribution in [0.4, 0.5) is 11.4 Å². The number of hydrogen-bond donors (Lipinski definition) is 1. The van der Waals surface area contributed by atoms with Crippen molar-refractivity contribution in [3.05, 3.63) is 52.5 Å². The van der Waals surface area contributed by atoms with Gasteiger partial charge in [-0.2, -0.15) is 0 Å². The molecule has 6 heteroatoms. The van der Waals surface area contributed by atoms with Gasteiger partial charge in [0, 0.05) is 11.8 Å². The van der Waals surface area contributed by atoms with E-state index in [4.69, 9.17) is 22.1 Å². The highest BCUT2D eigenvalue weighted by Crippen LogP contribution is 2.35. The summed E-state index contributed by atoms with van der Waals surface area (Å²) < 4.78 is 5.11. The van der Waals surface area contributed by atoms with Gasteiger partial charge in [0.1, 0.15) is 5.75 Å². The van der Waals surface area contributed by atoms with Crippen molar-refractivity contribution in [3.63, 3.8) is 0 Å². The van der Waals surface area contributed by atoms with Crippen LogP contribution in [-0.2, 0) is 0 Å². The van der Waals surface area contributed by atoms with Crippen LogP contribution in [0.25, 0.3) is 0 Å². The molecule has 0 radical (unpaired) electrons. The van der Waals surface area contributed by atoms with Crippen LogP contribution in [0.1, 0.15) is 20.7 Å². The molecule has 0 atom stereocenters. The molecule has 2 N–H and O–H groups in total. The fraction of sp³-hybridized carbons (Fsp3) is 0.0667. The zero-order valence-corrected chi connectivity index (χ0v) is 11.8. The van der Waals surface area contributed by atoms with Gasteiger partial charge in [0.2, 0.25) is 0 Å². The number of methoxy groups -OCH3 is 1. The number of nitrogens with two attached hydrogens (primary N) is 1. The van der Waals surface area contributed by atoms with Gasteiger partial charge >= 0.3 is 0 Å². The van der Waals surface area contributed by atoms with Crippen molar-refractivity contribution >= 4 is 34.8 Å². The number of halogens is 1. The number of nitrogen functional groups attached to an aromatic ring is 1. The quantitative estimate of drug-likeness (QED) is 0.684. The van der Waals surface area contributed by atoms with Gasteiger partial charge in [-0.25, -0.2) is 4.90 Å². The highest BCUT2D eigenvalue weighted by atomic mass is 35.5. The van der Waals surface area contributed by atoms with Gasteiger partial charge in [-0.15, -0.1) is 0 Å². The Morgan fingerprint density at radius 3 is 2.57 bits per heavy atom. The molecule has 5 nitrogen and oxygen atoms in total. The summed E-state index contributed by atoms with van der Waals surface area (Å²) in [6, 6.07) is 9.52. The van der Waals surface area contributed by atoms with Gasteiger partial charge in [0.15, 0.2) is 0 Å². The van der Waals surface area contributed by atoms with Crippen LogP contribution < -0.4 is 15.4 Å². The summed E-state index contributed by atoms with van der Waals surface area (Å²) in [7, 11) is 1.46. The molecule has 1 aliphatic heterocycles. The maximum Gasteiger partial charge on any atom is 0.268 e. The van der Waals surface area contributed by atoms with E-state index in [1.807, 2.05) is 0 Å². The average molecular weight is 303 g/mol. The molecule has 1 heterocycles. The highest BCUT2D eigenvalue weighted by Gasteiger charge is 2.38. The zero-order valence-electron chi connectivity index (χ0n) is 11.1. The molecule has 0 fully saturated rings. The van der Waals surface area contributed by atoms with Gasteiger partial charge in [-0.3, -0.25) is 9.59 Å². The van der Waals surface area contributed by atoms with E-state index >= 15 is 0 Å². The molecule has 2 aromatic carbocycles. The third kappa shape index (κ3) is 1.94. The van der Waals surface area contributed by atoms with Gasteiger partial charge in [0.05, 0.1) is 28.9 Å². The lowest BCUT2D eigenvalue weighted by Gasteiger charge is -2.15. The first-order valence-electron chi connectivity index (χ1n) is 6.15. The number of anilines is 2. The first-order chi connectivity index (χ1) is 10.0. The Hall–Kier alpha value is -2.53. The number of carbonyl (C=O) groups excluding carboxylic acids is 2. The fourth-order valence-electron chi connectivity index (χ4n) is 2.33. The summed E-state index contributed by atoms with van der Waals surface area (Å²) in [5.74, 6) is -0.470. The molecule has 21 heavy (non-hydrogen) atoms. The molecule has 0 aliphatic carbocycles. The Kier molecular flexibility index (Phi) is 3.07. The number of nitrogens with zero attached hydrogens (tertiary/aromatic N) is 1. The number of benzene rings is 2. The van der Waals surface area contributed by atoms with Crippen LogP contribution in [0, 0.1) is 0 Å². The molecule has 0 spiro atoms. The molecule has 3 rings (SSSR count). The molecule has 0 bridgehead atoms. The number of ether oxygens (including phenoxy) is 1. The van der Waals surface area contributed by atoms with E-state index in [0.29, 0.717) is 22.0 Å². The van der Waals surface area contributed by atoms with Gasteiger partial charge < -0.3 is 10.5 Å². The molecule has 0 aromatic heterocycles. The third-order valence-electron chi connectivity index (χ3n) is 3.34. The summed E-state index contributed by atoms with van der Waals surface area (Å²) in [5.41, 5.74) is 7.01. The minimum atomic E-state index is -0.447. The Bertz CT molecular complexity index is 774. The number of rotatable bonds is 2. The van der Waals surface area contributed by atoms with E-state index in [9.17, 15) is 9.59 Å². The molecular weight excluding hydrogens is 292 g/mol. The molecule has 0 saturated heterocycles. The van der Waals surface area contributed by atoms with E-state index in [2.05, 4.69) is 0 Å². The lowest BCUT2D eigenvalue weighted by atomic mass is 10.1. The maximum atomic E-state index is 12.5. The third-order valence-corrected chi connectivity index (χ3v) is 3.65. The monoisotopic (exact) mass is 302 g/mol. The molecule has 2 amide bonds. The number of carbonyl (C=O) groups is 2. The SMILES string of the molecule is COc1cc(N2C(=O)c3cccc(N)c3C2=O)ccc1Cl. The molecule has 0 saturated carbocycles. The lowest BCUT2D eigenvalue weighted by Crippen LogP contribution is -2.29. The van der Waals surface area contributed by atoms with Gasteiger partial charge in [0.25, 0.3) is 11.8 Å². The standard InChI is InChI=1S/C15H11ClN2O3/c1-21-12-7-8(5-6-10(12)16)18-14(19)9-3-2-4-11(17)13(9)15(18)20/h2-7H,17H2,1H3. The normalized spacial score (nSPS) is 13.5. The first kappa shape index (κ1) is 13.5. The van der Waals surface area contributed by atoms with Gasteiger partial charge in [-0.1, -0.05) is 17.7 Å². The van der Waals surface area contributed by atoms with Crippen molar-refractivity contribution in [1.82, 2.24) is 0 Å². The zero-order chi connectivity index (χ0) is 15.1. The maximum absolute atomic E-state index is 12.5. The largest absolute Gasteiger partial charge is 0.495 e. The van der Waals surface area contributed by atoms with E-state index in [1.165, 1.54) is 7.11 Å². The summed E-state index contributed by atoms with van der Waals surface area (Å²) >= 11 is 5.96. The van der Waals surface area contributed by atoms with Crippen molar-refractivity contribution < 1.29 is 14.3 Å².